The molecule has 1 heteroatoms. The number of hydrogen-bond acceptors (Lipinski definition) is 1. The van der Waals surface area contributed by atoms with Gasteiger partial charge in [0.15, 0.2) is 0 Å². The Morgan fingerprint density at radius 3 is 2.22 bits per heavy atom. The Balaban J connectivity index is 1.93. The maximum absolute atomic E-state index is 4.46. The van der Waals surface area contributed by atoms with E-state index in [0.717, 1.165) is 11.3 Å². The van der Waals surface area contributed by atoms with Gasteiger partial charge in [0.1, 0.15) is 0 Å². The molecular weight excluding hydrogens is 218 g/mol. The largest absolute Gasteiger partial charge is 0.256 e. The fraction of sp³-hybridized carbons (Fsp3) is 0. The zero-order valence-corrected chi connectivity index (χ0v) is 9.95. The zero-order chi connectivity index (χ0) is 12.2. The fourth-order valence-electron chi connectivity index (χ4n) is 1.95. The Kier molecular flexibility index (Phi) is 2.89. The maximum atomic E-state index is 4.46. The second-order valence-corrected chi connectivity index (χ2v) is 4.20. The van der Waals surface area contributed by atoms with E-state index < -0.39 is 0 Å². The Morgan fingerprint density at radius 2 is 1.39 bits per heavy atom. The van der Waals surface area contributed by atoms with Gasteiger partial charge in [-0.1, -0.05) is 54.6 Å². The fourth-order valence-corrected chi connectivity index (χ4v) is 1.95. The van der Waals surface area contributed by atoms with E-state index in [2.05, 4.69) is 47.5 Å². The molecule has 0 fully saturated rings. The molecule has 18 heavy (non-hydrogen) atoms. The topological polar surface area (TPSA) is 12.4 Å². The lowest BCUT2D eigenvalue weighted by atomic mass is 10.1. The van der Waals surface area contributed by atoms with Crippen LogP contribution < -0.4 is 0 Å². The summed E-state index contributed by atoms with van der Waals surface area (Å²) in [6, 6.07) is 24.7. The third kappa shape index (κ3) is 2.30. The first-order valence-electron chi connectivity index (χ1n) is 6.00. The molecule has 0 N–H and O–H groups in total. The van der Waals surface area contributed by atoms with E-state index in [9.17, 15) is 0 Å². The van der Waals surface area contributed by atoms with Gasteiger partial charge in [-0.3, -0.25) is 4.99 Å². The summed E-state index contributed by atoms with van der Waals surface area (Å²) in [4.78, 5) is 4.46. The van der Waals surface area contributed by atoms with Gasteiger partial charge in [0.05, 0.1) is 5.69 Å². The SMILES string of the molecule is C(=N\c1ccccc1)/c1ccc2ccccc2c1. The molecule has 0 amide bonds. The second-order valence-electron chi connectivity index (χ2n) is 4.20. The molecule has 1 nitrogen and oxygen atoms in total. The standard InChI is InChI=1S/C17H13N/c1-2-8-17(9-3-1)18-13-14-10-11-15-6-4-5-7-16(15)12-14/h1-13H/b18-13+. The molecule has 0 spiro atoms. The summed E-state index contributed by atoms with van der Waals surface area (Å²) in [7, 11) is 0. The minimum Gasteiger partial charge on any atom is -0.256 e. The zero-order valence-electron chi connectivity index (χ0n) is 9.95. The van der Waals surface area contributed by atoms with Gasteiger partial charge in [-0.05, 0) is 34.5 Å². The van der Waals surface area contributed by atoms with Gasteiger partial charge in [-0.15, -0.1) is 0 Å². The van der Waals surface area contributed by atoms with Crippen LogP contribution in [0.25, 0.3) is 10.8 Å². The van der Waals surface area contributed by atoms with Crippen molar-refractivity contribution in [2.75, 3.05) is 0 Å². The number of aliphatic imine (C=N–C) groups is 1. The van der Waals surface area contributed by atoms with Crippen molar-refractivity contribution in [2.24, 2.45) is 4.99 Å². The normalized spacial score (nSPS) is 11.1. The lowest BCUT2D eigenvalue weighted by molar-refractivity contribution is 1.53. The molecule has 0 unspecified atom stereocenters. The number of para-hydroxylation sites is 1. The van der Waals surface area contributed by atoms with Crippen molar-refractivity contribution in [2.45, 2.75) is 0 Å². The van der Waals surface area contributed by atoms with E-state index in [4.69, 9.17) is 0 Å². The third-order valence-corrected chi connectivity index (χ3v) is 2.89. The van der Waals surface area contributed by atoms with Crippen molar-refractivity contribution in [3.63, 3.8) is 0 Å². The third-order valence-electron chi connectivity index (χ3n) is 2.89. The highest BCUT2D eigenvalue weighted by atomic mass is 14.7. The summed E-state index contributed by atoms with van der Waals surface area (Å²) in [5, 5.41) is 2.50. The van der Waals surface area contributed by atoms with Gasteiger partial charge < -0.3 is 0 Å². The molecule has 3 rings (SSSR count). The molecule has 0 saturated heterocycles. The molecule has 0 atom stereocenters. The number of nitrogens with zero attached hydrogens (tertiary/aromatic N) is 1. The van der Waals surface area contributed by atoms with Crippen molar-refractivity contribution in [3.05, 3.63) is 78.4 Å². The molecule has 86 valence electrons. The van der Waals surface area contributed by atoms with Crippen LogP contribution in [0.2, 0.25) is 0 Å². The van der Waals surface area contributed by atoms with Gasteiger partial charge >= 0.3 is 0 Å². The van der Waals surface area contributed by atoms with E-state index in [-0.39, 0.29) is 0 Å². The average Bonchev–Trinajstić information content (AvgIpc) is 2.46. The summed E-state index contributed by atoms with van der Waals surface area (Å²) >= 11 is 0. The quantitative estimate of drug-likeness (QED) is 0.572. The highest BCUT2D eigenvalue weighted by molar-refractivity contribution is 5.91. The molecule has 0 aliphatic heterocycles. The van der Waals surface area contributed by atoms with Crippen LogP contribution in [0.4, 0.5) is 5.69 Å². The molecule has 0 saturated carbocycles. The van der Waals surface area contributed by atoms with Crippen molar-refractivity contribution in [3.8, 4) is 0 Å². The second kappa shape index (κ2) is 4.84. The van der Waals surface area contributed by atoms with Crippen LogP contribution in [0, 0.1) is 0 Å². The number of benzene rings is 3. The smallest absolute Gasteiger partial charge is 0.0629 e. The van der Waals surface area contributed by atoms with Crippen molar-refractivity contribution in [1.82, 2.24) is 0 Å². The number of fused-ring (bicyclic) bond motifs is 1. The average molecular weight is 231 g/mol. The summed E-state index contributed by atoms with van der Waals surface area (Å²) in [6.07, 6.45) is 1.90. The predicted octanol–water partition coefficient (Wildman–Crippen LogP) is 4.59. The monoisotopic (exact) mass is 231 g/mol. The molecular formula is C17H13N. The molecule has 3 aromatic rings. The van der Waals surface area contributed by atoms with Crippen LogP contribution >= 0.6 is 0 Å². The predicted molar refractivity (Wildman–Crippen MR) is 77.6 cm³/mol. The van der Waals surface area contributed by atoms with E-state index in [0.29, 0.717) is 0 Å². The van der Waals surface area contributed by atoms with Crippen molar-refractivity contribution < 1.29 is 0 Å². The molecule has 3 aromatic carbocycles. The van der Waals surface area contributed by atoms with E-state index in [1.807, 2.05) is 36.5 Å². The molecule has 0 aliphatic rings. The summed E-state index contributed by atoms with van der Waals surface area (Å²) in [6.45, 7) is 0. The lowest BCUT2D eigenvalue weighted by Gasteiger charge is -1.98. The molecule has 0 aliphatic carbocycles. The Morgan fingerprint density at radius 1 is 0.667 bits per heavy atom. The van der Waals surface area contributed by atoms with Gasteiger partial charge in [-0.25, -0.2) is 0 Å². The molecule has 0 aromatic heterocycles. The first-order chi connectivity index (χ1) is 8.92. The van der Waals surface area contributed by atoms with Crippen LogP contribution in [-0.2, 0) is 0 Å². The Bertz CT molecular complexity index is 684. The summed E-state index contributed by atoms with van der Waals surface area (Å²) in [5.74, 6) is 0. The van der Waals surface area contributed by atoms with Gasteiger partial charge in [0, 0.05) is 6.21 Å². The highest BCUT2D eigenvalue weighted by Gasteiger charge is 1.93. The van der Waals surface area contributed by atoms with Crippen LogP contribution in [0.1, 0.15) is 5.56 Å². The Hall–Kier alpha value is -2.41. The molecule has 0 heterocycles. The minimum atomic E-state index is 0.977. The Labute approximate surface area is 106 Å². The van der Waals surface area contributed by atoms with Gasteiger partial charge in [0.2, 0.25) is 0 Å². The summed E-state index contributed by atoms with van der Waals surface area (Å²) < 4.78 is 0. The first-order valence-corrected chi connectivity index (χ1v) is 6.00. The minimum absolute atomic E-state index is 0.977. The highest BCUT2D eigenvalue weighted by Crippen LogP contribution is 2.15. The molecule has 0 bridgehead atoms. The lowest BCUT2D eigenvalue weighted by Crippen LogP contribution is -1.81. The van der Waals surface area contributed by atoms with E-state index in [1.54, 1.807) is 0 Å². The first kappa shape index (κ1) is 10.7. The number of hydrogen-bond donors (Lipinski definition) is 0. The maximum Gasteiger partial charge on any atom is 0.0629 e. The van der Waals surface area contributed by atoms with Gasteiger partial charge in [0.25, 0.3) is 0 Å². The number of rotatable bonds is 2. The van der Waals surface area contributed by atoms with E-state index >= 15 is 0 Å². The van der Waals surface area contributed by atoms with Crippen LogP contribution in [-0.4, -0.2) is 6.21 Å². The van der Waals surface area contributed by atoms with Crippen LogP contribution in [0.3, 0.4) is 0 Å². The van der Waals surface area contributed by atoms with Crippen molar-refractivity contribution >= 4 is 22.7 Å². The van der Waals surface area contributed by atoms with E-state index in [1.165, 1.54) is 10.8 Å². The van der Waals surface area contributed by atoms with Crippen LogP contribution in [0.5, 0.6) is 0 Å². The summed E-state index contributed by atoms with van der Waals surface area (Å²) in [5.41, 5.74) is 2.10. The van der Waals surface area contributed by atoms with Crippen LogP contribution in [0.15, 0.2) is 77.8 Å². The van der Waals surface area contributed by atoms with Crippen molar-refractivity contribution in [1.29, 1.82) is 0 Å². The molecule has 0 radical (unpaired) electrons. The van der Waals surface area contributed by atoms with Gasteiger partial charge in [-0.2, -0.15) is 0 Å².